The molecule has 4 saturated carbocycles. The number of benzene rings is 1. The van der Waals surface area contributed by atoms with Gasteiger partial charge < -0.3 is 20.1 Å². The molecule has 0 atom stereocenters. The molecule has 1 aromatic rings. The van der Waals surface area contributed by atoms with Crippen LogP contribution < -0.4 is 15.4 Å². The number of para-hydroxylation sites is 2. The Morgan fingerprint density at radius 3 is 2.26 bits per heavy atom. The van der Waals surface area contributed by atoms with Crippen LogP contribution in [0.3, 0.4) is 0 Å². The molecule has 0 aromatic heterocycles. The molecule has 4 fully saturated rings. The molecule has 7 nitrogen and oxygen atoms in total. The van der Waals surface area contributed by atoms with Crippen LogP contribution in [0.5, 0.6) is 5.75 Å². The Balaban J connectivity index is 1.22. The van der Waals surface area contributed by atoms with Crippen LogP contribution in [0.25, 0.3) is 0 Å². The first-order valence-electron chi connectivity index (χ1n) is 10.6. The molecule has 0 heterocycles. The molecule has 0 unspecified atom stereocenters. The van der Waals surface area contributed by atoms with Crippen LogP contribution in [-0.4, -0.2) is 37.5 Å². The zero-order valence-corrected chi connectivity index (χ0v) is 17.1. The van der Waals surface area contributed by atoms with E-state index < -0.39 is 25.1 Å². The zero-order chi connectivity index (χ0) is 22.0. The molecule has 4 bridgehead atoms. The number of hydrogen-bond acceptors (Lipinski definition) is 5. The van der Waals surface area contributed by atoms with Gasteiger partial charge in [0.15, 0.2) is 6.61 Å². The minimum absolute atomic E-state index is 0.0407. The van der Waals surface area contributed by atoms with Crippen LogP contribution in [0, 0.1) is 23.2 Å². The number of ether oxygens (including phenoxy) is 2. The molecular formula is C22H26F2N2O5. The van der Waals surface area contributed by atoms with Crippen molar-refractivity contribution in [1.82, 2.24) is 5.32 Å². The van der Waals surface area contributed by atoms with E-state index in [0.717, 1.165) is 19.3 Å². The monoisotopic (exact) mass is 436 g/mol. The second kappa shape index (κ2) is 8.80. The van der Waals surface area contributed by atoms with Crippen LogP contribution in [-0.2, 0) is 19.1 Å². The lowest BCUT2D eigenvalue weighted by atomic mass is 9.49. The van der Waals surface area contributed by atoms with Gasteiger partial charge in [0.25, 0.3) is 5.91 Å². The summed E-state index contributed by atoms with van der Waals surface area (Å²) in [4.78, 5) is 36.8. The fourth-order valence-corrected chi connectivity index (χ4v) is 5.88. The maximum atomic E-state index is 12.8. The predicted octanol–water partition coefficient (Wildman–Crippen LogP) is 3.10. The first-order valence-corrected chi connectivity index (χ1v) is 10.6. The summed E-state index contributed by atoms with van der Waals surface area (Å²) in [7, 11) is 0. The van der Waals surface area contributed by atoms with Gasteiger partial charge in [-0.05, 0) is 68.4 Å². The Morgan fingerprint density at radius 2 is 1.65 bits per heavy atom. The van der Waals surface area contributed by atoms with Gasteiger partial charge in [0, 0.05) is 5.41 Å². The Hall–Kier alpha value is -2.71. The highest BCUT2D eigenvalue weighted by Gasteiger charge is 2.54. The molecule has 5 rings (SSSR count). The third-order valence-electron chi connectivity index (χ3n) is 6.65. The van der Waals surface area contributed by atoms with E-state index in [0.29, 0.717) is 17.8 Å². The summed E-state index contributed by atoms with van der Waals surface area (Å²) in [5.41, 5.74) is -0.320. The SMILES string of the molecule is O=C(COC(=O)CNC(=O)C12CC3CC(CC(C3)C1)C2)Nc1ccccc1OC(F)F. The van der Waals surface area contributed by atoms with Crippen LogP contribution in [0.1, 0.15) is 38.5 Å². The van der Waals surface area contributed by atoms with Crippen molar-refractivity contribution in [3.05, 3.63) is 24.3 Å². The normalized spacial score (nSPS) is 28.3. The van der Waals surface area contributed by atoms with E-state index >= 15 is 0 Å². The smallest absolute Gasteiger partial charge is 0.387 e. The second-order valence-electron chi connectivity index (χ2n) is 8.96. The highest BCUT2D eigenvalue weighted by atomic mass is 19.3. The third kappa shape index (κ3) is 4.97. The number of carbonyl (C=O) groups excluding carboxylic acids is 3. The van der Waals surface area contributed by atoms with E-state index in [1.165, 1.54) is 37.5 Å². The van der Waals surface area contributed by atoms with E-state index in [1.54, 1.807) is 6.07 Å². The van der Waals surface area contributed by atoms with Crippen molar-refractivity contribution >= 4 is 23.5 Å². The van der Waals surface area contributed by atoms with Gasteiger partial charge in [0.05, 0.1) is 5.69 Å². The van der Waals surface area contributed by atoms with Crippen LogP contribution in [0.4, 0.5) is 14.5 Å². The van der Waals surface area contributed by atoms with E-state index in [1.807, 2.05) is 0 Å². The van der Waals surface area contributed by atoms with Gasteiger partial charge in [-0.1, -0.05) is 12.1 Å². The summed E-state index contributed by atoms with van der Waals surface area (Å²) in [6.07, 6.45) is 6.33. The summed E-state index contributed by atoms with van der Waals surface area (Å²) in [6.45, 7) is -3.94. The predicted molar refractivity (Wildman–Crippen MR) is 106 cm³/mol. The lowest BCUT2D eigenvalue weighted by Crippen LogP contribution is -2.54. The quantitative estimate of drug-likeness (QED) is 0.611. The highest BCUT2D eigenvalue weighted by molar-refractivity contribution is 5.94. The standard InChI is InChI=1S/C22H26F2N2O5/c23-21(24)31-17-4-2-1-3-16(17)26-18(27)12-30-19(28)11-25-20(29)22-8-13-5-14(9-22)7-15(6-13)10-22/h1-4,13-15,21H,5-12H2,(H,25,29)(H,26,27). The van der Waals surface area contributed by atoms with E-state index in [-0.39, 0.29) is 29.3 Å². The molecule has 0 radical (unpaired) electrons. The molecule has 2 N–H and O–H groups in total. The number of amides is 2. The molecule has 31 heavy (non-hydrogen) atoms. The lowest BCUT2D eigenvalue weighted by molar-refractivity contribution is -0.152. The molecule has 4 aliphatic rings. The summed E-state index contributed by atoms with van der Waals surface area (Å²) in [5, 5.41) is 5.06. The molecule has 1 aromatic carbocycles. The van der Waals surface area contributed by atoms with Gasteiger partial charge >= 0.3 is 12.6 Å². The largest absolute Gasteiger partial charge is 0.454 e. The zero-order valence-electron chi connectivity index (χ0n) is 17.1. The van der Waals surface area contributed by atoms with Crippen molar-refractivity contribution in [3.8, 4) is 5.75 Å². The van der Waals surface area contributed by atoms with Crippen molar-refractivity contribution in [2.45, 2.75) is 45.1 Å². The van der Waals surface area contributed by atoms with E-state index in [4.69, 9.17) is 4.74 Å². The Labute approximate surface area is 178 Å². The molecule has 0 saturated heterocycles. The molecule has 2 amide bonds. The van der Waals surface area contributed by atoms with Gasteiger partial charge in [-0.3, -0.25) is 14.4 Å². The van der Waals surface area contributed by atoms with Crippen molar-refractivity contribution in [1.29, 1.82) is 0 Å². The fraction of sp³-hybridized carbons (Fsp3) is 0.591. The van der Waals surface area contributed by atoms with Crippen molar-refractivity contribution in [2.75, 3.05) is 18.5 Å². The molecule has 9 heteroatoms. The molecule has 0 aliphatic heterocycles. The Kier molecular flexibility index (Phi) is 6.11. The van der Waals surface area contributed by atoms with Crippen molar-refractivity contribution in [2.24, 2.45) is 23.2 Å². The Bertz CT molecular complexity index is 825. The summed E-state index contributed by atoms with van der Waals surface area (Å²) < 4.78 is 34.1. The van der Waals surface area contributed by atoms with E-state index in [2.05, 4.69) is 15.4 Å². The maximum absolute atomic E-state index is 12.8. The van der Waals surface area contributed by atoms with Gasteiger partial charge in [-0.15, -0.1) is 0 Å². The number of anilines is 1. The average molecular weight is 436 g/mol. The number of rotatable bonds is 8. The molecule has 168 valence electrons. The lowest BCUT2D eigenvalue weighted by Gasteiger charge is -2.55. The van der Waals surface area contributed by atoms with E-state index in [9.17, 15) is 23.2 Å². The number of nitrogens with one attached hydrogen (secondary N) is 2. The van der Waals surface area contributed by atoms with Crippen LogP contribution >= 0.6 is 0 Å². The maximum Gasteiger partial charge on any atom is 0.387 e. The second-order valence-corrected chi connectivity index (χ2v) is 8.96. The number of carbonyl (C=O) groups is 3. The molecule has 4 aliphatic carbocycles. The number of esters is 1. The minimum atomic E-state index is -3.03. The van der Waals surface area contributed by atoms with Crippen LogP contribution in [0.2, 0.25) is 0 Å². The minimum Gasteiger partial charge on any atom is -0.454 e. The average Bonchev–Trinajstić information content (AvgIpc) is 2.70. The van der Waals surface area contributed by atoms with Crippen molar-refractivity contribution in [3.63, 3.8) is 0 Å². The van der Waals surface area contributed by atoms with Gasteiger partial charge in [-0.25, -0.2) is 0 Å². The number of alkyl halides is 2. The van der Waals surface area contributed by atoms with Gasteiger partial charge in [-0.2, -0.15) is 8.78 Å². The summed E-state index contributed by atoms with van der Waals surface area (Å²) >= 11 is 0. The first-order chi connectivity index (χ1) is 14.8. The van der Waals surface area contributed by atoms with Gasteiger partial charge in [0.1, 0.15) is 12.3 Å². The summed E-state index contributed by atoms with van der Waals surface area (Å²) in [6, 6.07) is 5.71. The molecule has 0 spiro atoms. The van der Waals surface area contributed by atoms with Gasteiger partial charge in [0.2, 0.25) is 5.91 Å². The highest BCUT2D eigenvalue weighted by Crippen LogP contribution is 2.60. The third-order valence-corrected chi connectivity index (χ3v) is 6.65. The van der Waals surface area contributed by atoms with Crippen LogP contribution in [0.15, 0.2) is 24.3 Å². The Morgan fingerprint density at radius 1 is 1.03 bits per heavy atom. The first kappa shape index (κ1) is 21.5. The fourth-order valence-electron chi connectivity index (χ4n) is 5.88. The number of hydrogen-bond donors (Lipinski definition) is 2. The van der Waals surface area contributed by atoms with Crippen molar-refractivity contribution < 1.29 is 32.6 Å². The number of halogens is 2. The topological polar surface area (TPSA) is 93.7 Å². The summed E-state index contributed by atoms with van der Waals surface area (Å²) in [5.74, 6) is 0.126. The molecular weight excluding hydrogens is 410 g/mol.